The summed E-state index contributed by atoms with van der Waals surface area (Å²) >= 11 is 3.36. The van der Waals surface area contributed by atoms with Crippen molar-refractivity contribution >= 4 is 44.3 Å². The van der Waals surface area contributed by atoms with Crippen LogP contribution in [0, 0.1) is 0 Å². The summed E-state index contributed by atoms with van der Waals surface area (Å²) in [4.78, 5) is 29.3. The number of alkyl halides is 3. The first-order valence-corrected chi connectivity index (χ1v) is 9.52. The van der Waals surface area contributed by atoms with Crippen molar-refractivity contribution in [2.24, 2.45) is 0 Å². The normalized spacial score (nSPS) is 11.5. The molecule has 0 unspecified atom stereocenters. The maximum absolute atomic E-state index is 13.1. The Kier molecular flexibility index (Phi) is 5.97. The zero-order chi connectivity index (χ0) is 21.2. The van der Waals surface area contributed by atoms with E-state index in [1.54, 1.807) is 13.0 Å². The lowest BCUT2D eigenvalue weighted by atomic mass is 10.1. The number of anilines is 1. The Labute approximate surface area is 173 Å². The molecule has 2 aromatic carbocycles. The molecule has 2 N–H and O–H groups in total. The van der Waals surface area contributed by atoms with Gasteiger partial charge in [-0.1, -0.05) is 34.1 Å². The summed E-state index contributed by atoms with van der Waals surface area (Å²) in [5.41, 5.74) is -0.237. The molecule has 0 saturated heterocycles. The van der Waals surface area contributed by atoms with Gasteiger partial charge in [-0.25, -0.2) is 0 Å². The van der Waals surface area contributed by atoms with E-state index < -0.39 is 23.6 Å². The maximum Gasteiger partial charge on any atom is 0.418 e. The van der Waals surface area contributed by atoms with Crippen molar-refractivity contribution in [3.05, 3.63) is 64.3 Å². The SMILES string of the molecule is CCN(CC(=O)Nc1ccccc1C(F)(F)F)C(=O)c1cc2ccc(Br)cc2[nH]1. The molecule has 1 heterocycles. The summed E-state index contributed by atoms with van der Waals surface area (Å²) in [5.74, 6) is -1.13. The predicted molar refractivity (Wildman–Crippen MR) is 108 cm³/mol. The number of fused-ring (bicyclic) bond motifs is 1. The fourth-order valence-electron chi connectivity index (χ4n) is 2.91. The van der Waals surface area contributed by atoms with Crippen LogP contribution >= 0.6 is 15.9 Å². The van der Waals surface area contributed by atoms with Crippen molar-refractivity contribution in [3.63, 3.8) is 0 Å². The van der Waals surface area contributed by atoms with Crippen LogP contribution in [0.15, 0.2) is 53.0 Å². The first-order valence-electron chi connectivity index (χ1n) is 8.72. The quantitative estimate of drug-likeness (QED) is 0.551. The van der Waals surface area contributed by atoms with Crippen LogP contribution in [-0.4, -0.2) is 34.8 Å². The molecule has 5 nitrogen and oxygen atoms in total. The summed E-state index contributed by atoms with van der Waals surface area (Å²) in [6.45, 7) is 1.53. The number of amides is 2. The van der Waals surface area contributed by atoms with Crippen molar-refractivity contribution in [1.82, 2.24) is 9.88 Å². The highest BCUT2D eigenvalue weighted by atomic mass is 79.9. The van der Waals surface area contributed by atoms with E-state index in [0.717, 1.165) is 21.4 Å². The van der Waals surface area contributed by atoms with Crippen LogP contribution in [-0.2, 0) is 11.0 Å². The molecule has 9 heteroatoms. The Hall–Kier alpha value is -2.81. The monoisotopic (exact) mass is 467 g/mol. The van der Waals surface area contributed by atoms with Gasteiger partial charge in [-0.05, 0) is 37.3 Å². The van der Waals surface area contributed by atoms with Crippen LogP contribution in [0.1, 0.15) is 23.0 Å². The first-order chi connectivity index (χ1) is 13.7. The van der Waals surface area contributed by atoms with E-state index in [9.17, 15) is 22.8 Å². The van der Waals surface area contributed by atoms with E-state index in [0.29, 0.717) is 5.69 Å². The Bertz CT molecular complexity index is 1060. The number of hydrogen-bond acceptors (Lipinski definition) is 2. The number of hydrogen-bond donors (Lipinski definition) is 2. The number of para-hydroxylation sites is 1. The molecule has 0 aliphatic carbocycles. The predicted octanol–water partition coefficient (Wildman–Crippen LogP) is 5.05. The molecule has 3 aromatic rings. The number of aromatic amines is 1. The molecule has 0 fully saturated rings. The molecular weight excluding hydrogens is 451 g/mol. The van der Waals surface area contributed by atoms with Gasteiger partial charge in [0, 0.05) is 21.9 Å². The molecule has 0 aliphatic heterocycles. The average molecular weight is 468 g/mol. The highest BCUT2D eigenvalue weighted by Crippen LogP contribution is 2.34. The molecule has 0 aliphatic rings. The number of benzene rings is 2. The number of nitrogens with zero attached hydrogens (tertiary/aromatic N) is 1. The van der Waals surface area contributed by atoms with Gasteiger partial charge in [0.1, 0.15) is 12.2 Å². The maximum atomic E-state index is 13.1. The molecular formula is C20H17BrF3N3O2. The number of aromatic nitrogens is 1. The molecule has 29 heavy (non-hydrogen) atoms. The lowest BCUT2D eigenvalue weighted by Gasteiger charge is -2.20. The van der Waals surface area contributed by atoms with Crippen LogP contribution in [0.4, 0.5) is 18.9 Å². The van der Waals surface area contributed by atoms with Gasteiger partial charge in [0.2, 0.25) is 5.91 Å². The third-order valence-corrected chi connectivity index (χ3v) is 4.82. The number of halogens is 4. The highest BCUT2D eigenvalue weighted by Gasteiger charge is 2.33. The van der Waals surface area contributed by atoms with Crippen LogP contribution in [0.2, 0.25) is 0 Å². The van der Waals surface area contributed by atoms with Gasteiger partial charge in [0.25, 0.3) is 5.91 Å². The van der Waals surface area contributed by atoms with E-state index in [2.05, 4.69) is 26.2 Å². The smallest absolute Gasteiger partial charge is 0.350 e. The molecule has 0 saturated carbocycles. The van der Waals surface area contributed by atoms with Crippen molar-refractivity contribution in [1.29, 1.82) is 0 Å². The van der Waals surface area contributed by atoms with E-state index in [4.69, 9.17) is 0 Å². The molecule has 0 bridgehead atoms. The fourth-order valence-corrected chi connectivity index (χ4v) is 3.28. The molecule has 3 rings (SSSR count). The summed E-state index contributed by atoms with van der Waals surface area (Å²) in [5, 5.41) is 3.08. The lowest BCUT2D eigenvalue weighted by Crippen LogP contribution is -2.38. The summed E-state index contributed by atoms with van der Waals surface area (Å²) in [6, 6.07) is 11.9. The van der Waals surface area contributed by atoms with E-state index in [1.807, 2.05) is 18.2 Å². The van der Waals surface area contributed by atoms with Gasteiger partial charge < -0.3 is 15.2 Å². The first kappa shape index (κ1) is 20.9. The van der Waals surface area contributed by atoms with Crippen LogP contribution in [0.3, 0.4) is 0 Å². The summed E-state index contributed by atoms with van der Waals surface area (Å²) in [7, 11) is 0. The topological polar surface area (TPSA) is 65.2 Å². The lowest BCUT2D eigenvalue weighted by molar-refractivity contribution is -0.137. The number of carbonyl (C=O) groups excluding carboxylic acids is 2. The largest absolute Gasteiger partial charge is 0.418 e. The van der Waals surface area contributed by atoms with E-state index in [-0.39, 0.29) is 18.8 Å². The fraction of sp³-hybridized carbons (Fsp3) is 0.200. The Balaban J connectivity index is 1.75. The minimum atomic E-state index is -4.59. The van der Waals surface area contributed by atoms with Crippen molar-refractivity contribution in [2.45, 2.75) is 13.1 Å². The van der Waals surface area contributed by atoms with Crippen LogP contribution in [0.5, 0.6) is 0 Å². The van der Waals surface area contributed by atoms with Crippen molar-refractivity contribution in [3.8, 4) is 0 Å². The Morgan fingerprint density at radius 3 is 2.55 bits per heavy atom. The number of likely N-dealkylation sites (N-methyl/N-ethyl adjacent to an activating group) is 1. The third-order valence-electron chi connectivity index (χ3n) is 4.32. The molecule has 0 atom stereocenters. The number of carbonyl (C=O) groups is 2. The van der Waals surface area contributed by atoms with E-state index in [1.165, 1.54) is 23.1 Å². The van der Waals surface area contributed by atoms with Gasteiger partial charge in [-0.15, -0.1) is 0 Å². The minimum Gasteiger partial charge on any atom is -0.350 e. The van der Waals surface area contributed by atoms with Crippen molar-refractivity contribution < 1.29 is 22.8 Å². The zero-order valence-electron chi connectivity index (χ0n) is 15.3. The second-order valence-electron chi connectivity index (χ2n) is 6.33. The second-order valence-corrected chi connectivity index (χ2v) is 7.24. The van der Waals surface area contributed by atoms with E-state index >= 15 is 0 Å². The Morgan fingerprint density at radius 2 is 1.86 bits per heavy atom. The molecule has 0 radical (unpaired) electrons. The standard InChI is InChI=1S/C20H17BrF3N3O2/c1-2-27(19(29)17-9-12-7-8-13(21)10-16(12)25-17)11-18(28)26-15-6-4-3-5-14(15)20(22,23)24/h3-10,25H,2,11H2,1H3,(H,26,28). The average Bonchev–Trinajstić information content (AvgIpc) is 3.08. The zero-order valence-corrected chi connectivity index (χ0v) is 16.9. The third kappa shape index (κ3) is 4.79. The molecule has 2 amide bonds. The van der Waals surface area contributed by atoms with Crippen LogP contribution < -0.4 is 5.32 Å². The second kappa shape index (κ2) is 8.28. The number of rotatable bonds is 5. The van der Waals surface area contributed by atoms with Gasteiger partial charge in [0.15, 0.2) is 0 Å². The van der Waals surface area contributed by atoms with Crippen molar-refractivity contribution in [2.75, 3.05) is 18.4 Å². The summed E-state index contributed by atoms with van der Waals surface area (Å²) < 4.78 is 40.1. The molecule has 152 valence electrons. The van der Waals surface area contributed by atoms with Gasteiger partial charge in [-0.3, -0.25) is 9.59 Å². The molecule has 0 spiro atoms. The van der Waals surface area contributed by atoms with Crippen LogP contribution in [0.25, 0.3) is 10.9 Å². The Morgan fingerprint density at radius 1 is 1.14 bits per heavy atom. The van der Waals surface area contributed by atoms with Gasteiger partial charge in [-0.2, -0.15) is 13.2 Å². The minimum absolute atomic E-state index is 0.215. The van der Waals surface area contributed by atoms with Gasteiger partial charge >= 0.3 is 6.18 Å². The number of nitrogens with one attached hydrogen (secondary N) is 2. The summed E-state index contributed by atoms with van der Waals surface area (Å²) in [6.07, 6.45) is -4.59. The number of H-pyrrole nitrogens is 1. The van der Waals surface area contributed by atoms with Gasteiger partial charge in [0.05, 0.1) is 11.3 Å². The molecule has 1 aromatic heterocycles. The highest BCUT2D eigenvalue weighted by molar-refractivity contribution is 9.10.